The number of rotatable bonds is 6. The van der Waals surface area contributed by atoms with Gasteiger partial charge in [0.05, 0.1) is 0 Å². The zero-order valence-electron chi connectivity index (χ0n) is 8.40. The molecule has 6 heteroatoms. The van der Waals surface area contributed by atoms with Crippen LogP contribution in [0.1, 0.15) is 28.3 Å². The molecule has 0 aliphatic heterocycles. The van der Waals surface area contributed by atoms with E-state index in [0.717, 1.165) is 11.4 Å². The Morgan fingerprint density at radius 3 is 3.00 bits per heavy atom. The number of hydrogen-bond acceptors (Lipinski definition) is 5. The summed E-state index contributed by atoms with van der Waals surface area (Å²) in [6, 6.07) is 0. The third-order valence-corrected chi connectivity index (χ3v) is 2.70. The van der Waals surface area contributed by atoms with Gasteiger partial charge in [0, 0.05) is 25.1 Å². The quantitative estimate of drug-likeness (QED) is 0.604. The molecule has 0 unspecified atom stereocenters. The molecule has 0 fully saturated rings. The molecule has 0 aliphatic carbocycles. The van der Waals surface area contributed by atoms with E-state index in [-0.39, 0.29) is 12.5 Å². The summed E-state index contributed by atoms with van der Waals surface area (Å²) >= 11 is 1.38. The first-order valence-corrected chi connectivity index (χ1v) is 5.69. The maximum absolute atomic E-state index is 11.5. The number of carbonyl (C=O) groups is 1. The number of hydrogen-bond donors (Lipinski definition) is 3. The third kappa shape index (κ3) is 3.94. The SMILES string of the molecule is NCc1nc(C(=O)NCCCCO)cs1. The van der Waals surface area contributed by atoms with Crippen LogP contribution in [0.4, 0.5) is 0 Å². The summed E-state index contributed by atoms with van der Waals surface area (Å²) in [4.78, 5) is 15.5. The average Bonchev–Trinajstić information content (AvgIpc) is 2.72. The van der Waals surface area contributed by atoms with Gasteiger partial charge in [-0.1, -0.05) is 0 Å². The van der Waals surface area contributed by atoms with Crippen LogP contribution in [0.5, 0.6) is 0 Å². The number of thiazole rings is 1. The number of aliphatic hydroxyl groups excluding tert-OH is 1. The van der Waals surface area contributed by atoms with Crippen LogP contribution >= 0.6 is 11.3 Å². The summed E-state index contributed by atoms with van der Waals surface area (Å²) < 4.78 is 0. The summed E-state index contributed by atoms with van der Waals surface area (Å²) in [6.45, 7) is 1.08. The van der Waals surface area contributed by atoms with Crippen molar-refractivity contribution in [2.24, 2.45) is 5.73 Å². The molecule has 84 valence electrons. The van der Waals surface area contributed by atoms with Crippen LogP contribution in [0.2, 0.25) is 0 Å². The van der Waals surface area contributed by atoms with Gasteiger partial charge in [0.1, 0.15) is 10.7 Å². The fourth-order valence-corrected chi connectivity index (χ4v) is 1.69. The Bertz CT molecular complexity index is 314. The lowest BCUT2D eigenvalue weighted by Crippen LogP contribution is -2.25. The van der Waals surface area contributed by atoms with Crippen LogP contribution in [0.3, 0.4) is 0 Å². The highest BCUT2D eigenvalue weighted by atomic mass is 32.1. The Kier molecular flexibility index (Phi) is 5.23. The largest absolute Gasteiger partial charge is 0.396 e. The Morgan fingerprint density at radius 2 is 2.40 bits per heavy atom. The lowest BCUT2D eigenvalue weighted by atomic mass is 10.3. The van der Waals surface area contributed by atoms with E-state index in [4.69, 9.17) is 10.8 Å². The van der Waals surface area contributed by atoms with Gasteiger partial charge in [-0.15, -0.1) is 11.3 Å². The first-order chi connectivity index (χ1) is 7.27. The number of nitrogens with two attached hydrogens (primary N) is 1. The number of aromatic nitrogens is 1. The molecule has 0 atom stereocenters. The molecule has 0 radical (unpaired) electrons. The van der Waals surface area contributed by atoms with Crippen LogP contribution in [0.15, 0.2) is 5.38 Å². The number of carbonyl (C=O) groups excluding carboxylic acids is 1. The molecule has 1 aromatic heterocycles. The van der Waals surface area contributed by atoms with Crippen molar-refractivity contribution in [1.29, 1.82) is 0 Å². The standard InChI is InChI=1S/C9H15N3O2S/c10-5-8-12-7(6-15-8)9(14)11-3-1-2-4-13/h6,13H,1-5,10H2,(H,11,14). The summed E-state index contributed by atoms with van der Waals surface area (Å²) in [5.41, 5.74) is 5.81. The molecule has 0 spiro atoms. The maximum Gasteiger partial charge on any atom is 0.270 e. The molecule has 1 heterocycles. The molecule has 15 heavy (non-hydrogen) atoms. The highest BCUT2D eigenvalue weighted by molar-refractivity contribution is 7.09. The lowest BCUT2D eigenvalue weighted by Gasteiger charge is -2.01. The van der Waals surface area contributed by atoms with Crippen LogP contribution < -0.4 is 11.1 Å². The Balaban J connectivity index is 2.33. The molecule has 0 saturated carbocycles. The molecule has 0 aromatic carbocycles. The lowest BCUT2D eigenvalue weighted by molar-refractivity contribution is 0.0947. The summed E-state index contributed by atoms with van der Waals surface area (Å²) in [5.74, 6) is -0.177. The van der Waals surface area contributed by atoms with Gasteiger partial charge in [0.2, 0.25) is 0 Å². The first kappa shape index (κ1) is 12.1. The van der Waals surface area contributed by atoms with Crippen molar-refractivity contribution in [3.8, 4) is 0 Å². The van der Waals surface area contributed by atoms with Gasteiger partial charge in [-0.05, 0) is 12.8 Å². The van der Waals surface area contributed by atoms with Crippen molar-refractivity contribution < 1.29 is 9.90 Å². The van der Waals surface area contributed by atoms with E-state index in [9.17, 15) is 4.79 Å². The highest BCUT2D eigenvalue weighted by Gasteiger charge is 2.08. The molecular weight excluding hydrogens is 214 g/mol. The molecule has 0 aliphatic rings. The number of nitrogens with zero attached hydrogens (tertiary/aromatic N) is 1. The smallest absolute Gasteiger partial charge is 0.270 e. The van der Waals surface area contributed by atoms with Crippen molar-refractivity contribution >= 4 is 17.2 Å². The van der Waals surface area contributed by atoms with E-state index >= 15 is 0 Å². The summed E-state index contributed by atoms with van der Waals surface area (Å²) in [7, 11) is 0. The van der Waals surface area contributed by atoms with Gasteiger partial charge in [-0.2, -0.15) is 0 Å². The maximum atomic E-state index is 11.5. The Morgan fingerprint density at radius 1 is 1.60 bits per heavy atom. The molecule has 0 bridgehead atoms. The zero-order chi connectivity index (χ0) is 11.1. The van der Waals surface area contributed by atoms with Gasteiger partial charge in [-0.25, -0.2) is 4.98 Å². The van der Waals surface area contributed by atoms with Crippen LogP contribution in [0, 0.1) is 0 Å². The predicted molar refractivity (Wildman–Crippen MR) is 58.7 cm³/mol. The summed E-state index contributed by atoms with van der Waals surface area (Å²) in [6.07, 6.45) is 1.47. The van der Waals surface area contributed by atoms with Gasteiger partial charge in [-0.3, -0.25) is 4.79 Å². The second kappa shape index (κ2) is 6.49. The van der Waals surface area contributed by atoms with Crippen LogP contribution in [-0.2, 0) is 6.54 Å². The van der Waals surface area contributed by atoms with Gasteiger partial charge < -0.3 is 16.2 Å². The van der Waals surface area contributed by atoms with E-state index in [2.05, 4.69) is 10.3 Å². The second-order valence-electron chi connectivity index (χ2n) is 3.02. The van der Waals surface area contributed by atoms with Gasteiger partial charge >= 0.3 is 0 Å². The molecular formula is C9H15N3O2S. The number of unbranched alkanes of at least 4 members (excludes halogenated alkanes) is 1. The van der Waals surface area contributed by atoms with E-state index < -0.39 is 0 Å². The fraction of sp³-hybridized carbons (Fsp3) is 0.556. The van der Waals surface area contributed by atoms with Crippen LogP contribution in [-0.4, -0.2) is 29.1 Å². The third-order valence-electron chi connectivity index (χ3n) is 1.83. The van der Waals surface area contributed by atoms with Crippen molar-refractivity contribution in [3.63, 3.8) is 0 Å². The average molecular weight is 229 g/mol. The van der Waals surface area contributed by atoms with Crippen molar-refractivity contribution in [3.05, 3.63) is 16.1 Å². The minimum Gasteiger partial charge on any atom is -0.396 e. The number of nitrogens with one attached hydrogen (secondary N) is 1. The van der Waals surface area contributed by atoms with Crippen LogP contribution in [0.25, 0.3) is 0 Å². The van der Waals surface area contributed by atoms with Gasteiger partial charge in [0.25, 0.3) is 5.91 Å². The minimum atomic E-state index is -0.177. The monoisotopic (exact) mass is 229 g/mol. The first-order valence-electron chi connectivity index (χ1n) is 4.81. The molecule has 0 saturated heterocycles. The number of aliphatic hydroxyl groups is 1. The second-order valence-corrected chi connectivity index (χ2v) is 3.96. The van der Waals surface area contributed by atoms with E-state index in [1.165, 1.54) is 11.3 Å². The van der Waals surface area contributed by atoms with Crippen molar-refractivity contribution in [2.45, 2.75) is 19.4 Å². The van der Waals surface area contributed by atoms with Crippen molar-refractivity contribution in [1.82, 2.24) is 10.3 Å². The Hall–Kier alpha value is -0.980. The zero-order valence-corrected chi connectivity index (χ0v) is 9.22. The fourth-order valence-electron chi connectivity index (χ4n) is 1.04. The van der Waals surface area contributed by atoms with E-state index in [0.29, 0.717) is 25.2 Å². The normalized spacial score (nSPS) is 10.3. The number of amides is 1. The van der Waals surface area contributed by atoms with Gasteiger partial charge in [0.15, 0.2) is 0 Å². The Labute approximate surface area is 92.3 Å². The molecule has 1 rings (SSSR count). The van der Waals surface area contributed by atoms with E-state index in [1.54, 1.807) is 5.38 Å². The molecule has 4 N–H and O–H groups in total. The minimum absolute atomic E-state index is 0.157. The predicted octanol–water partition coefficient (Wildman–Crippen LogP) is 0.104. The van der Waals surface area contributed by atoms with Crippen molar-refractivity contribution in [2.75, 3.05) is 13.2 Å². The molecule has 1 amide bonds. The molecule has 5 nitrogen and oxygen atoms in total. The molecule has 1 aromatic rings. The van der Waals surface area contributed by atoms with E-state index in [1.807, 2.05) is 0 Å². The topological polar surface area (TPSA) is 88.2 Å². The highest BCUT2D eigenvalue weighted by Crippen LogP contribution is 2.08. The summed E-state index contributed by atoms with van der Waals surface area (Å²) in [5, 5.41) is 13.7.